The number of rotatable bonds is 18. The van der Waals surface area contributed by atoms with Gasteiger partial charge in [-0.3, -0.25) is 0 Å². The molecule has 0 aromatic carbocycles. The van der Waals surface area contributed by atoms with Crippen LogP contribution in [0, 0.1) is 0 Å². The lowest BCUT2D eigenvalue weighted by Gasteiger charge is -2.16. The van der Waals surface area contributed by atoms with E-state index in [1.807, 2.05) is 0 Å². The van der Waals surface area contributed by atoms with Crippen LogP contribution < -0.4 is 0 Å². The van der Waals surface area contributed by atoms with Gasteiger partial charge >= 0.3 is 0 Å². The van der Waals surface area contributed by atoms with Crippen LogP contribution in [0.4, 0.5) is 0 Å². The van der Waals surface area contributed by atoms with Crippen molar-refractivity contribution in [3.63, 3.8) is 0 Å². The highest BCUT2D eigenvalue weighted by atomic mass is 16.5. The predicted octanol–water partition coefficient (Wildman–Crippen LogP) is 0.736. The number of ether oxygens (including phenoxy) is 4. The van der Waals surface area contributed by atoms with E-state index in [9.17, 15) is 15.3 Å². The van der Waals surface area contributed by atoms with Crippen molar-refractivity contribution >= 4 is 0 Å². The lowest BCUT2D eigenvalue weighted by atomic mass is 10.3. The van der Waals surface area contributed by atoms with Crippen LogP contribution in [0.15, 0.2) is 0 Å². The molecule has 3 N–H and O–H groups in total. The zero-order valence-corrected chi connectivity index (χ0v) is 15.2. The third-order valence-corrected chi connectivity index (χ3v) is 3.15. The first-order valence-electron chi connectivity index (χ1n) is 8.95. The molecule has 0 amide bonds. The van der Waals surface area contributed by atoms with Crippen LogP contribution in [0.1, 0.15) is 39.5 Å². The van der Waals surface area contributed by atoms with E-state index in [1.165, 1.54) is 0 Å². The Morgan fingerprint density at radius 1 is 0.542 bits per heavy atom. The Labute approximate surface area is 145 Å². The van der Waals surface area contributed by atoms with E-state index < -0.39 is 18.3 Å². The van der Waals surface area contributed by atoms with Gasteiger partial charge in [-0.1, -0.05) is 26.7 Å². The van der Waals surface area contributed by atoms with Gasteiger partial charge in [0.15, 0.2) is 0 Å². The van der Waals surface area contributed by atoms with E-state index >= 15 is 0 Å². The predicted molar refractivity (Wildman–Crippen MR) is 91.1 cm³/mol. The fourth-order valence-electron chi connectivity index (χ4n) is 1.76. The molecule has 0 bridgehead atoms. The zero-order chi connectivity index (χ0) is 18.0. The SMILES string of the molecule is CCCCOCC(O)COCC(O)COCC(O)COCCCC. The number of aliphatic hydroxyl groups is 3. The van der Waals surface area contributed by atoms with Crippen molar-refractivity contribution in [3.05, 3.63) is 0 Å². The first kappa shape index (κ1) is 23.7. The third-order valence-electron chi connectivity index (χ3n) is 3.15. The summed E-state index contributed by atoms with van der Waals surface area (Å²) in [5.41, 5.74) is 0. The van der Waals surface area contributed by atoms with Gasteiger partial charge in [0.2, 0.25) is 0 Å². The second kappa shape index (κ2) is 17.5. The summed E-state index contributed by atoms with van der Waals surface area (Å²) in [7, 11) is 0. The van der Waals surface area contributed by atoms with Gasteiger partial charge in [-0.25, -0.2) is 0 Å². The molecule has 0 spiro atoms. The highest BCUT2D eigenvalue weighted by Crippen LogP contribution is 1.96. The smallest absolute Gasteiger partial charge is 0.101 e. The molecule has 0 fully saturated rings. The summed E-state index contributed by atoms with van der Waals surface area (Å²) < 4.78 is 21.0. The van der Waals surface area contributed by atoms with Crippen LogP contribution in [0.2, 0.25) is 0 Å². The summed E-state index contributed by atoms with van der Waals surface area (Å²) in [4.78, 5) is 0. The molecule has 0 heterocycles. The Balaban J connectivity index is 3.43. The summed E-state index contributed by atoms with van der Waals surface area (Å²) in [6.07, 6.45) is 1.86. The lowest BCUT2D eigenvalue weighted by molar-refractivity contribution is -0.0713. The molecular weight excluding hydrogens is 316 g/mol. The molecule has 146 valence electrons. The molecule has 24 heavy (non-hydrogen) atoms. The van der Waals surface area contributed by atoms with Crippen molar-refractivity contribution in [1.29, 1.82) is 0 Å². The molecule has 7 heteroatoms. The molecule has 0 aliphatic carbocycles. The number of hydrogen-bond acceptors (Lipinski definition) is 7. The molecule has 7 nitrogen and oxygen atoms in total. The molecule has 2 unspecified atom stereocenters. The molecule has 0 radical (unpaired) electrons. The van der Waals surface area contributed by atoms with Gasteiger partial charge in [-0.15, -0.1) is 0 Å². The molecule has 0 rings (SSSR count). The summed E-state index contributed by atoms with van der Waals surface area (Å²) in [6, 6.07) is 0. The monoisotopic (exact) mass is 352 g/mol. The van der Waals surface area contributed by atoms with Crippen molar-refractivity contribution in [3.8, 4) is 0 Å². The minimum atomic E-state index is -0.800. The summed E-state index contributed by atoms with van der Waals surface area (Å²) >= 11 is 0. The van der Waals surface area contributed by atoms with Crippen LogP contribution in [-0.4, -0.2) is 86.5 Å². The highest BCUT2D eigenvalue weighted by Gasteiger charge is 2.10. The Morgan fingerprint density at radius 2 is 0.833 bits per heavy atom. The molecule has 0 aliphatic heterocycles. The molecule has 0 aromatic heterocycles. The number of hydrogen-bond donors (Lipinski definition) is 3. The number of unbranched alkanes of at least 4 members (excludes halogenated alkanes) is 2. The fourth-order valence-corrected chi connectivity index (χ4v) is 1.76. The normalized spacial score (nSPS) is 15.4. The highest BCUT2D eigenvalue weighted by molar-refractivity contribution is 4.57. The minimum Gasteiger partial charge on any atom is -0.388 e. The Hall–Kier alpha value is -0.280. The Kier molecular flexibility index (Phi) is 17.3. The third kappa shape index (κ3) is 16.6. The average Bonchev–Trinajstić information content (AvgIpc) is 2.55. The zero-order valence-electron chi connectivity index (χ0n) is 15.2. The second-order valence-electron chi connectivity index (χ2n) is 5.89. The average molecular weight is 352 g/mol. The van der Waals surface area contributed by atoms with Gasteiger partial charge in [0.1, 0.15) is 18.3 Å². The molecule has 0 aliphatic rings. The fraction of sp³-hybridized carbons (Fsp3) is 1.00. The van der Waals surface area contributed by atoms with Gasteiger partial charge in [0.25, 0.3) is 0 Å². The Morgan fingerprint density at radius 3 is 1.12 bits per heavy atom. The quantitative estimate of drug-likeness (QED) is 0.313. The van der Waals surface area contributed by atoms with Crippen LogP contribution in [0.3, 0.4) is 0 Å². The molecular formula is C17H36O7. The van der Waals surface area contributed by atoms with E-state index in [-0.39, 0.29) is 39.6 Å². The van der Waals surface area contributed by atoms with E-state index in [2.05, 4.69) is 13.8 Å². The van der Waals surface area contributed by atoms with E-state index in [0.29, 0.717) is 13.2 Å². The van der Waals surface area contributed by atoms with Gasteiger partial charge in [-0.05, 0) is 12.8 Å². The largest absolute Gasteiger partial charge is 0.388 e. The van der Waals surface area contributed by atoms with Crippen molar-refractivity contribution in [2.24, 2.45) is 0 Å². The maximum Gasteiger partial charge on any atom is 0.101 e. The van der Waals surface area contributed by atoms with E-state index in [4.69, 9.17) is 18.9 Å². The van der Waals surface area contributed by atoms with Gasteiger partial charge < -0.3 is 34.3 Å². The molecule has 0 saturated carbocycles. The lowest BCUT2D eigenvalue weighted by Crippen LogP contribution is -2.29. The maximum absolute atomic E-state index is 9.69. The molecule has 0 aromatic rings. The maximum atomic E-state index is 9.69. The summed E-state index contributed by atoms with van der Waals surface area (Å²) in [5, 5.41) is 28.9. The van der Waals surface area contributed by atoms with Gasteiger partial charge in [-0.2, -0.15) is 0 Å². The van der Waals surface area contributed by atoms with Crippen molar-refractivity contribution in [2.45, 2.75) is 57.8 Å². The number of aliphatic hydroxyl groups excluding tert-OH is 3. The first-order chi connectivity index (χ1) is 11.6. The minimum absolute atomic E-state index is 0.0646. The second-order valence-corrected chi connectivity index (χ2v) is 5.89. The van der Waals surface area contributed by atoms with Crippen molar-refractivity contribution in [2.75, 3.05) is 52.9 Å². The van der Waals surface area contributed by atoms with Crippen LogP contribution in [-0.2, 0) is 18.9 Å². The van der Waals surface area contributed by atoms with Crippen LogP contribution in [0.5, 0.6) is 0 Å². The van der Waals surface area contributed by atoms with Gasteiger partial charge in [0, 0.05) is 13.2 Å². The molecule has 2 atom stereocenters. The topological polar surface area (TPSA) is 97.6 Å². The first-order valence-corrected chi connectivity index (χ1v) is 8.95. The van der Waals surface area contributed by atoms with Gasteiger partial charge in [0.05, 0.1) is 39.6 Å². The Bertz CT molecular complexity index is 229. The van der Waals surface area contributed by atoms with E-state index in [1.54, 1.807) is 0 Å². The standard InChI is InChI=1S/C17H36O7/c1-3-5-7-21-9-15(18)11-23-13-17(20)14-24-12-16(19)10-22-8-6-4-2/h15-20H,3-14H2,1-2H3. The van der Waals surface area contributed by atoms with E-state index in [0.717, 1.165) is 25.7 Å². The van der Waals surface area contributed by atoms with Crippen molar-refractivity contribution < 1.29 is 34.3 Å². The van der Waals surface area contributed by atoms with Crippen molar-refractivity contribution in [1.82, 2.24) is 0 Å². The summed E-state index contributed by atoms with van der Waals surface area (Å²) in [6.45, 7) is 6.23. The van der Waals surface area contributed by atoms with Crippen LogP contribution >= 0.6 is 0 Å². The molecule has 0 saturated heterocycles. The summed E-state index contributed by atoms with van der Waals surface area (Å²) in [5.74, 6) is 0. The van der Waals surface area contributed by atoms with Crippen LogP contribution in [0.25, 0.3) is 0 Å².